The van der Waals surface area contributed by atoms with Crippen LogP contribution in [-0.4, -0.2) is 33.0 Å². The molecule has 100 valence electrons. The van der Waals surface area contributed by atoms with Crippen LogP contribution < -0.4 is 15.2 Å². The molecule has 0 aromatic heterocycles. The van der Waals surface area contributed by atoms with E-state index in [2.05, 4.69) is 0 Å². The number of rotatable bonds is 4. The summed E-state index contributed by atoms with van der Waals surface area (Å²) in [5, 5.41) is 0. The van der Waals surface area contributed by atoms with Crippen molar-refractivity contribution in [2.45, 2.75) is 24.8 Å². The third kappa shape index (κ3) is 2.94. The molecule has 0 spiro atoms. The summed E-state index contributed by atoms with van der Waals surface area (Å²) in [6.07, 6.45) is 2.65. The third-order valence-electron chi connectivity index (χ3n) is 3.49. The molecule has 1 aromatic carbocycles. The summed E-state index contributed by atoms with van der Waals surface area (Å²) in [6, 6.07) is 5.98. The molecule has 18 heavy (non-hydrogen) atoms. The van der Waals surface area contributed by atoms with Crippen molar-refractivity contribution < 1.29 is 14.2 Å². The lowest BCUT2D eigenvalue weighted by atomic mass is 9.85. The van der Waals surface area contributed by atoms with E-state index in [0.717, 1.165) is 44.0 Å². The van der Waals surface area contributed by atoms with Gasteiger partial charge in [0.25, 0.3) is 0 Å². The van der Waals surface area contributed by atoms with Crippen LogP contribution in [0.4, 0.5) is 0 Å². The van der Waals surface area contributed by atoms with Gasteiger partial charge in [-0.3, -0.25) is 0 Å². The number of nitrogens with two attached hydrogens (primary N) is 1. The van der Waals surface area contributed by atoms with Gasteiger partial charge in [-0.05, 0) is 37.0 Å². The maximum atomic E-state index is 6.40. The molecule has 1 aromatic rings. The topological polar surface area (TPSA) is 53.7 Å². The van der Waals surface area contributed by atoms with E-state index in [9.17, 15) is 0 Å². The summed E-state index contributed by atoms with van der Waals surface area (Å²) in [4.78, 5) is 0. The Bertz CT molecular complexity index is 400. The normalized spacial score (nSPS) is 18.4. The van der Waals surface area contributed by atoms with Gasteiger partial charge in [-0.15, -0.1) is 0 Å². The van der Waals surface area contributed by atoms with Crippen LogP contribution in [0.5, 0.6) is 11.5 Å². The van der Waals surface area contributed by atoms with Crippen molar-refractivity contribution in [3.8, 4) is 11.5 Å². The molecule has 0 radical (unpaired) electrons. The Hall–Kier alpha value is -1.26. The molecule has 0 unspecified atom stereocenters. The van der Waals surface area contributed by atoms with E-state index in [0.29, 0.717) is 0 Å². The van der Waals surface area contributed by atoms with E-state index < -0.39 is 0 Å². The maximum absolute atomic E-state index is 6.40. The molecule has 2 rings (SSSR count). The fourth-order valence-electron chi connectivity index (χ4n) is 2.35. The molecular formula is C14H21NO3. The second kappa shape index (κ2) is 5.59. The largest absolute Gasteiger partial charge is 0.493 e. The van der Waals surface area contributed by atoms with Gasteiger partial charge in [0, 0.05) is 18.8 Å². The van der Waals surface area contributed by atoms with Crippen molar-refractivity contribution in [3.05, 3.63) is 23.8 Å². The summed E-state index contributed by atoms with van der Waals surface area (Å²) < 4.78 is 15.9. The maximum Gasteiger partial charge on any atom is 0.160 e. The highest BCUT2D eigenvalue weighted by Crippen LogP contribution is 2.30. The average Bonchev–Trinajstić information content (AvgIpc) is 2.39. The lowest BCUT2D eigenvalue weighted by Crippen LogP contribution is -2.46. The highest BCUT2D eigenvalue weighted by molar-refractivity contribution is 5.43. The van der Waals surface area contributed by atoms with Crippen LogP contribution in [0.2, 0.25) is 0 Å². The number of hydrogen-bond donors (Lipinski definition) is 1. The van der Waals surface area contributed by atoms with Crippen molar-refractivity contribution in [1.82, 2.24) is 0 Å². The molecule has 0 aliphatic carbocycles. The standard InChI is InChI=1S/C14H21NO3/c1-16-12-4-3-11(9-13(12)17-2)10-14(15)5-7-18-8-6-14/h3-4,9H,5-8,10,15H2,1-2H3. The van der Waals surface area contributed by atoms with Crippen LogP contribution in [0.3, 0.4) is 0 Å². The molecule has 1 heterocycles. The molecule has 4 nitrogen and oxygen atoms in total. The van der Waals surface area contributed by atoms with Crippen molar-refractivity contribution in [3.63, 3.8) is 0 Å². The number of benzene rings is 1. The predicted octanol–water partition coefficient (Wildman–Crippen LogP) is 1.75. The zero-order chi connectivity index (χ0) is 13.0. The molecule has 1 aliphatic heterocycles. The van der Waals surface area contributed by atoms with Gasteiger partial charge in [0.1, 0.15) is 0 Å². The van der Waals surface area contributed by atoms with Gasteiger partial charge in [-0.2, -0.15) is 0 Å². The van der Waals surface area contributed by atoms with Gasteiger partial charge in [0.2, 0.25) is 0 Å². The summed E-state index contributed by atoms with van der Waals surface area (Å²) >= 11 is 0. The molecule has 0 amide bonds. The van der Waals surface area contributed by atoms with E-state index >= 15 is 0 Å². The Labute approximate surface area is 108 Å². The van der Waals surface area contributed by atoms with Gasteiger partial charge in [-0.25, -0.2) is 0 Å². The Balaban J connectivity index is 2.13. The Morgan fingerprint density at radius 3 is 2.44 bits per heavy atom. The zero-order valence-electron chi connectivity index (χ0n) is 11.1. The minimum absolute atomic E-state index is 0.155. The van der Waals surface area contributed by atoms with Gasteiger partial charge in [-0.1, -0.05) is 6.07 Å². The highest BCUT2D eigenvalue weighted by Gasteiger charge is 2.28. The first-order valence-electron chi connectivity index (χ1n) is 6.24. The molecule has 1 saturated heterocycles. The molecule has 0 saturated carbocycles. The Kier molecular flexibility index (Phi) is 4.09. The van der Waals surface area contributed by atoms with E-state index in [1.165, 1.54) is 5.56 Å². The van der Waals surface area contributed by atoms with Crippen molar-refractivity contribution in [2.24, 2.45) is 5.73 Å². The van der Waals surface area contributed by atoms with Gasteiger partial charge in [0.05, 0.1) is 14.2 Å². The molecule has 1 fully saturated rings. The summed E-state index contributed by atoms with van der Waals surface area (Å²) in [7, 11) is 3.29. The van der Waals surface area contributed by atoms with E-state index in [1.807, 2.05) is 18.2 Å². The minimum Gasteiger partial charge on any atom is -0.493 e. The number of hydrogen-bond acceptors (Lipinski definition) is 4. The summed E-state index contributed by atoms with van der Waals surface area (Å²) in [5.41, 5.74) is 7.42. The van der Waals surface area contributed by atoms with Crippen LogP contribution in [-0.2, 0) is 11.2 Å². The minimum atomic E-state index is -0.155. The third-order valence-corrected chi connectivity index (χ3v) is 3.49. The highest BCUT2D eigenvalue weighted by atomic mass is 16.5. The molecule has 4 heteroatoms. The quantitative estimate of drug-likeness (QED) is 0.886. The van der Waals surface area contributed by atoms with Crippen molar-refractivity contribution in [2.75, 3.05) is 27.4 Å². The van der Waals surface area contributed by atoms with E-state index in [4.69, 9.17) is 19.9 Å². The van der Waals surface area contributed by atoms with Gasteiger partial charge >= 0.3 is 0 Å². The average molecular weight is 251 g/mol. The van der Waals surface area contributed by atoms with Crippen molar-refractivity contribution >= 4 is 0 Å². The molecule has 1 aliphatic rings. The number of methoxy groups -OCH3 is 2. The van der Waals surface area contributed by atoms with Crippen LogP contribution in [0.15, 0.2) is 18.2 Å². The number of ether oxygens (including phenoxy) is 3. The van der Waals surface area contributed by atoms with Crippen molar-refractivity contribution in [1.29, 1.82) is 0 Å². The smallest absolute Gasteiger partial charge is 0.160 e. The summed E-state index contributed by atoms with van der Waals surface area (Å²) in [6.45, 7) is 1.51. The first kappa shape index (κ1) is 13.2. The molecule has 0 atom stereocenters. The lowest BCUT2D eigenvalue weighted by Gasteiger charge is -2.33. The van der Waals surface area contributed by atoms with Crippen LogP contribution in [0.25, 0.3) is 0 Å². The van der Waals surface area contributed by atoms with Crippen LogP contribution in [0, 0.1) is 0 Å². The Morgan fingerprint density at radius 1 is 1.17 bits per heavy atom. The summed E-state index contributed by atoms with van der Waals surface area (Å²) in [5.74, 6) is 1.50. The first-order chi connectivity index (χ1) is 8.67. The van der Waals surface area contributed by atoms with Gasteiger partial charge < -0.3 is 19.9 Å². The molecule has 0 bridgehead atoms. The lowest BCUT2D eigenvalue weighted by molar-refractivity contribution is 0.0533. The first-order valence-corrected chi connectivity index (χ1v) is 6.24. The fourth-order valence-corrected chi connectivity index (χ4v) is 2.35. The molecular weight excluding hydrogens is 230 g/mol. The monoisotopic (exact) mass is 251 g/mol. The SMILES string of the molecule is COc1ccc(CC2(N)CCOCC2)cc1OC. The second-order valence-electron chi connectivity index (χ2n) is 4.84. The second-order valence-corrected chi connectivity index (χ2v) is 4.84. The Morgan fingerprint density at radius 2 is 1.83 bits per heavy atom. The van der Waals surface area contributed by atoms with Crippen LogP contribution in [0.1, 0.15) is 18.4 Å². The van der Waals surface area contributed by atoms with Crippen LogP contribution >= 0.6 is 0 Å². The van der Waals surface area contributed by atoms with E-state index in [-0.39, 0.29) is 5.54 Å². The zero-order valence-corrected chi connectivity index (χ0v) is 11.1. The van der Waals surface area contributed by atoms with Gasteiger partial charge in [0.15, 0.2) is 11.5 Å². The predicted molar refractivity (Wildman–Crippen MR) is 70.2 cm³/mol. The fraction of sp³-hybridized carbons (Fsp3) is 0.571. The van der Waals surface area contributed by atoms with E-state index in [1.54, 1.807) is 14.2 Å². The molecule has 2 N–H and O–H groups in total.